The van der Waals surface area contributed by atoms with Crippen LogP contribution in [0, 0.1) is 43.4 Å². The zero-order chi connectivity index (χ0) is 65.7. The molecule has 1 aliphatic rings. The second kappa shape index (κ2) is 30.2. The van der Waals surface area contributed by atoms with Crippen LogP contribution in [-0.4, -0.2) is 117 Å². The Morgan fingerprint density at radius 2 is 1.58 bits per heavy atom. The van der Waals surface area contributed by atoms with Crippen molar-refractivity contribution >= 4 is 64.3 Å². The Kier molecular flexibility index (Phi) is 23.4. The van der Waals surface area contributed by atoms with Crippen LogP contribution in [-0.2, 0) is 59.3 Å². The van der Waals surface area contributed by atoms with Crippen LogP contribution in [0.5, 0.6) is 5.75 Å². The van der Waals surface area contributed by atoms with Crippen LogP contribution >= 0.6 is 11.6 Å². The van der Waals surface area contributed by atoms with Gasteiger partial charge in [-0.25, -0.2) is 4.79 Å². The number of alkyl halides is 3. The highest BCUT2D eigenvalue weighted by molar-refractivity contribution is 6.31. The molecule has 8 N–H and O–H groups in total. The number of quaternary nitrogens is 1. The molecule has 0 radical (unpaired) electrons. The molecule has 89 heavy (non-hydrogen) atoms. The van der Waals surface area contributed by atoms with E-state index in [4.69, 9.17) is 44.1 Å². The predicted octanol–water partition coefficient (Wildman–Crippen LogP) is 7.78. The summed E-state index contributed by atoms with van der Waals surface area (Å²) < 4.78 is 41.6. The van der Waals surface area contributed by atoms with E-state index >= 15 is 9.59 Å². The van der Waals surface area contributed by atoms with Crippen molar-refractivity contribution in [2.75, 3.05) is 44.0 Å². The predicted molar refractivity (Wildman–Crippen MR) is 330 cm³/mol. The summed E-state index contributed by atoms with van der Waals surface area (Å²) in [5.41, 5.74) is 20.6. The molecule has 472 valence electrons. The standard InChI is InChI=1S/C63H74ClN11O7.C2HF3O2/c1-10-29-82-38-45-30-47(69-59(77)55(18-13-27-68-63(67)81)70-60(78)58(66)39(2)3)21-19-44(45)37-75(8,9)28-14-17-49-31-42-15-11-12-16-43(42)36-73(49)61(79)52-26-20-46(64)32-54(52)57-34-53(40(4)72(57)7)62(80)74(48-22-24-51(76)25-23-48)56-33-50(35-65)71(6)41(56)5;3-2(4,5)1(6)7/h1,11-12,15-16,19-26,30,32-34,39,49,55,58H,13-14,17-18,27-29,31,36-38,66H2,2-9H3,(H5-,67,68,69,70,76,77,78,81);(H,6,7)/t49-,55+,58+;/m1./s1. The quantitative estimate of drug-likeness (QED) is 0.0205. The van der Waals surface area contributed by atoms with Gasteiger partial charge in [0.15, 0.2) is 0 Å². The molecule has 2 aromatic heterocycles. The number of rotatable bonds is 23. The van der Waals surface area contributed by atoms with Gasteiger partial charge in [-0.15, -0.1) is 6.42 Å². The Bertz CT molecular complexity index is 3660. The highest BCUT2D eigenvalue weighted by Crippen LogP contribution is 2.38. The van der Waals surface area contributed by atoms with Gasteiger partial charge in [-0.1, -0.05) is 61.7 Å². The highest BCUT2D eigenvalue weighted by Gasteiger charge is 2.35. The maximum atomic E-state index is 15.4. The number of phenols is 1. The van der Waals surface area contributed by atoms with Crippen LogP contribution in [0.1, 0.15) is 99.6 Å². The molecular formula is C65H75ClF3N11O9. The van der Waals surface area contributed by atoms with Crippen LogP contribution in [0.3, 0.4) is 0 Å². The van der Waals surface area contributed by atoms with Crippen LogP contribution in [0.4, 0.5) is 35.0 Å². The Balaban J connectivity index is 0.00000170. The fraction of sp³-hybridized carbons (Fsp3) is 0.369. The smallest absolute Gasteiger partial charge is 0.430 e. The van der Waals surface area contributed by atoms with Crippen molar-refractivity contribution in [1.29, 1.82) is 5.26 Å². The molecule has 20 nitrogen and oxygen atoms in total. The Morgan fingerprint density at radius 1 is 0.910 bits per heavy atom. The molecule has 0 bridgehead atoms. The van der Waals surface area contributed by atoms with Gasteiger partial charge in [0.25, 0.3) is 11.8 Å². The molecule has 6 amide bonds. The molecule has 24 heteroatoms. The molecule has 0 aliphatic carbocycles. The number of carboxylic acid groups (broad SMARTS) is 1. The maximum absolute atomic E-state index is 15.4. The molecular weight excluding hydrogens is 1170 g/mol. The molecule has 7 rings (SSSR count). The summed E-state index contributed by atoms with van der Waals surface area (Å²) in [6.45, 7) is 9.57. The Hall–Kier alpha value is -9.13. The summed E-state index contributed by atoms with van der Waals surface area (Å²) in [5.74, 6) is -2.06. The van der Waals surface area contributed by atoms with Crippen molar-refractivity contribution in [2.24, 2.45) is 31.5 Å². The number of hydrogen-bond acceptors (Lipinski definition) is 11. The van der Waals surface area contributed by atoms with Gasteiger partial charge in [0, 0.05) is 83.4 Å². The van der Waals surface area contributed by atoms with Crippen molar-refractivity contribution in [3.8, 4) is 35.4 Å². The lowest BCUT2D eigenvalue weighted by atomic mass is 9.90. The minimum atomic E-state index is -5.19. The van der Waals surface area contributed by atoms with Crippen LogP contribution in [0.2, 0.25) is 5.02 Å². The molecule has 0 fully saturated rings. The van der Waals surface area contributed by atoms with Gasteiger partial charge in [0.05, 0.1) is 44.5 Å². The molecule has 0 saturated heterocycles. The number of fused-ring (bicyclic) bond motifs is 1. The van der Waals surface area contributed by atoms with Crippen LogP contribution < -0.4 is 37.4 Å². The Labute approximate surface area is 520 Å². The van der Waals surface area contributed by atoms with Crippen LogP contribution in [0.15, 0.2) is 97.1 Å². The number of nitrogens with one attached hydrogen (secondary N) is 3. The first-order valence-corrected chi connectivity index (χ1v) is 29.0. The number of ether oxygens (including phenoxy) is 1. The van der Waals surface area contributed by atoms with E-state index in [9.17, 15) is 37.9 Å². The third-order valence-electron chi connectivity index (χ3n) is 15.7. The van der Waals surface area contributed by atoms with E-state index in [0.29, 0.717) is 98.4 Å². The van der Waals surface area contributed by atoms with Crippen LogP contribution in [0.25, 0.3) is 11.3 Å². The Morgan fingerprint density at radius 3 is 2.20 bits per heavy atom. The number of aromatic nitrogens is 2. The van der Waals surface area contributed by atoms with Gasteiger partial charge in [0.2, 0.25) is 11.8 Å². The molecule has 4 aromatic carbocycles. The number of benzene rings is 4. The highest BCUT2D eigenvalue weighted by atomic mass is 35.5. The summed E-state index contributed by atoms with van der Waals surface area (Å²) in [5, 5.41) is 37.6. The number of nitriles is 1. The van der Waals surface area contributed by atoms with Crippen molar-refractivity contribution in [1.82, 2.24) is 24.7 Å². The van der Waals surface area contributed by atoms with Gasteiger partial charge in [-0.05, 0) is 135 Å². The molecule has 0 unspecified atom stereocenters. The molecule has 3 atom stereocenters. The number of urea groups is 1. The third-order valence-corrected chi connectivity index (χ3v) is 16.0. The summed E-state index contributed by atoms with van der Waals surface area (Å²) in [6.07, 6.45) is 3.09. The number of anilines is 3. The lowest BCUT2D eigenvalue weighted by molar-refractivity contribution is -0.903. The van der Waals surface area contributed by atoms with Gasteiger partial charge in [-0.3, -0.25) is 24.1 Å². The number of nitrogens with two attached hydrogens (primary N) is 2. The van der Waals surface area contributed by atoms with E-state index < -0.39 is 42.1 Å². The summed E-state index contributed by atoms with van der Waals surface area (Å²) in [6, 6.07) is 28.4. The van der Waals surface area contributed by atoms with Crippen molar-refractivity contribution in [2.45, 2.75) is 104 Å². The number of nitrogens with zero attached hydrogens (tertiary/aromatic N) is 6. The summed E-state index contributed by atoms with van der Waals surface area (Å²) in [4.78, 5) is 80.8. The number of carbonyl (C=O) groups excluding carboxylic acids is 6. The van der Waals surface area contributed by atoms with Crippen molar-refractivity contribution < 1.29 is 61.4 Å². The average Bonchev–Trinajstić information content (AvgIpc) is 1.73. The number of phenolic OH excluding ortho intramolecular Hbond substituents is 1. The lowest BCUT2D eigenvalue weighted by Crippen LogP contribution is -2.51. The number of carboxylic acids is 1. The number of halogens is 4. The SMILES string of the molecule is C#CCOCc1cc(NC(=O)[C@H](CCCNC(N)=O)NC(=O)[C@@H](N)C(C)C)ccc1C[N+](C)(C)CCC[C@@H]1Cc2ccccc2CN1C(=O)c1ccc(Cl)cc1-c1cc(C(=O)N(c2ccc(O)cc2)c2cc(C#N)n(C)c2C)c(C)n1C.O=C([O-])C(F)(F)F. The van der Waals surface area contributed by atoms with Crippen molar-refractivity contribution in [3.63, 3.8) is 0 Å². The number of aliphatic carboxylic acids is 1. The van der Waals surface area contributed by atoms with E-state index in [0.717, 1.165) is 29.7 Å². The first kappa shape index (κ1) is 69.0. The number of primary amides is 1. The number of aromatic hydroxyl groups is 1. The van der Waals surface area contributed by atoms with Crippen molar-refractivity contribution in [3.05, 3.63) is 153 Å². The van der Waals surface area contributed by atoms with Gasteiger partial charge in [0.1, 0.15) is 42.7 Å². The van der Waals surface area contributed by atoms with E-state index in [2.05, 4.69) is 54.2 Å². The number of terminal acetylenes is 1. The second-order valence-electron chi connectivity index (χ2n) is 22.8. The first-order valence-electron chi connectivity index (χ1n) is 28.6. The number of hydrogen-bond donors (Lipinski definition) is 6. The fourth-order valence-corrected chi connectivity index (χ4v) is 10.7. The molecule has 0 saturated carbocycles. The van der Waals surface area contributed by atoms with E-state index in [1.165, 1.54) is 17.7 Å². The third kappa shape index (κ3) is 17.8. The summed E-state index contributed by atoms with van der Waals surface area (Å²) >= 11 is 6.77. The van der Waals surface area contributed by atoms with E-state index in [1.807, 2.05) is 74.5 Å². The monoisotopic (exact) mass is 1250 g/mol. The maximum Gasteiger partial charge on any atom is 0.430 e. The molecule has 3 heterocycles. The van der Waals surface area contributed by atoms with Gasteiger partial charge >= 0.3 is 12.2 Å². The molecule has 0 spiro atoms. The van der Waals surface area contributed by atoms with Gasteiger partial charge in [-0.2, -0.15) is 18.4 Å². The average molecular weight is 1250 g/mol. The minimum Gasteiger partial charge on any atom is -0.542 e. The minimum absolute atomic E-state index is 0.0370. The van der Waals surface area contributed by atoms with E-state index in [-0.39, 0.29) is 55.7 Å². The molecule has 6 aromatic rings. The summed E-state index contributed by atoms with van der Waals surface area (Å²) in [7, 11) is 7.92. The molecule has 1 aliphatic heterocycles. The zero-order valence-electron chi connectivity index (χ0n) is 51.0. The largest absolute Gasteiger partial charge is 0.542 e. The second-order valence-corrected chi connectivity index (χ2v) is 23.3. The normalized spacial score (nSPS) is 13.6. The topological polar surface area (TPSA) is 283 Å². The number of carbonyl (C=O) groups is 6. The van der Waals surface area contributed by atoms with E-state index in [1.54, 1.807) is 59.0 Å². The first-order chi connectivity index (χ1) is 42.0. The fourth-order valence-electron chi connectivity index (χ4n) is 10.5. The van der Waals surface area contributed by atoms with Gasteiger partial charge < -0.3 is 65.7 Å². The number of amides is 6. The lowest BCUT2D eigenvalue weighted by Gasteiger charge is -2.38. The zero-order valence-corrected chi connectivity index (χ0v) is 51.7.